The van der Waals surface area contributed by atoms with Crippen molar-refractivity contribution in [1.82, 2.24) is 19.9 Å². The molecular formula is C19H20ClN5O2. The number of anilines is 1. The molecule has 0 bridgehead atoms. The number of nitrogens with one attached hydrogen (secondary N) is 2. The van der Waals surface area contributed by atoms with Crippen molar-refractivity contribution in [3.8, 4) is 0 Å². The third-order valence-electron chi connectivity index (χ3n) is 5.04. The number of carbonyl (C=O) groups excluding carboxylic acids is 1. The monoisotopic (exact) mass is 385 g/mol. The van der Waals surface area contributed by atoms with Crippen LogP contribution in [0.15, 0.2) is 41.3 Å². The van der Waals surface area contributed by atoms with E-state index in [4.69, 9.17) is 11.6 Å². The molecule has 1 amide bonds. The van der Waals surface area contributed by atoms with Gasteiger partial charge >= 0.3 is 5.69 Å². The van der Waals surface area contributed by atoms with E-state index in [2.05, 4.69) is 27.3 Å². The van der Waals surface area contributed by atoms with E-state index in [1.165, 1.54) is 9.96 Å². The quantitative estimate of drug-likeness (QED) is 0.721. The van der Waals surface area contributed by atoms with E-state index >= 15 is 0 Å². The first-order chi connectivity index (χ1) is 13.0. The van der Waals surface area contributed by atoms with Crippen molar-refractivity contribution in [2.24, 2.45) is 5.92 Å². The van der Waals surface area contributed by atoms with E-state index in [0.29, 0.717) is 23.7 Å². The second kappa shape index (κ2) is 7.08. The highest BCUT2D eigenvalue weighted by molar-refractivity contribution is 6.30. The van der Waals surface area contributed by atoms with E-state index in [-0.39, 0.29) is 11.6 Å². The Labute approximate surface area is 160 Å². The van der Waals surface area contributed by atoms with Crippen molar-refractivity contribution in [3.63, 3.8) is 0 Å². The number of H-pyrrole nitrogens is 1. The normalized spacial score (nSPS) is 16.8. The summed E-state index contributed by atoms with van der Waals surface area (Å²) >= 11 is 6.14. The Morgan fingerprint density at radius 2 is 2.26 bits per heavy atom. The smallest absolute Gasteiger partial charge is 0.347 e. The van der Waals surface area contributed by atoms with Gasteiger partial charge in [-0.2, -0.15) is 5.10 Å². The number of nitrogens with zero attached hydrogens (tertiary/aromatic N) is 3. The van der Waals surface area contributed by atoms with Crippen LogP contribution in [-0.4, -0.2) is 40.1 Å². The molecule has 1 aliphatic rings. The zero-order valence-electron chi connectivity index (χ0n) is 14.9. The maximum atomic E-state index is 12.6. The highest BCUT2D eigenvalue weighted by atomic mass is 35.5. The molecule has 0 spiro atoms. The van der Waals surface area contributed by atoms with Gasteiger partial charge in [-0.1, -0.05) is 17.7 Å². The number of fused-ring (bicyclic) bond motifs is 1. The van der Waals surface area contributed by atoms with Crippen LogP contribution in [0, 0.1) is 12.8 Å². The number of halogens is 1. The number of carbonyl (C=O) groups is 1. The molecule has 0 aliphatic carbocycles. The molecule has 0 saturated carbocycles. The van der Waals surface area contributed by atoms with Gasteiger partial charge in [0.05, 0.1) is 5.56 Å². The number of rotatable bonds is 4. The highest BCUT2D eigenvalue weighted by Gasteiger charge is 2.24. The van der Waals surface area contributed by atoms with Crippen molar-refractivity contribution in [1.29, 1.82) is 0 Å². The molecule has 1 aliphatic heterocycles. The molecule has 1 aromatic carbocycles. The molecule has 2 aromatic heterocycles. The Hall–Kier alpha value is -2.80. The summed E-state index contributed by atoms with van der Waals surface area (Å²) in [6, 6.07) is 9.25. The van der Waals surface area contributed by atoms with Gasteiger partial charge in [0.25, 0.3) is 5.91 Å². The van der Waals surface area contributed by atoms with Gasteiger partial charge in [0.1, 0.15) is 0 Å². The summed E-state index contributed by atoms with van der Waals surface area (Å²) in [6.07, 6.45) is 2.58. The molecule has 2 N–H and O–H groups in total. The molecule has 1 atom stereocenters. The van der Waals surface area contributed by atoms with E-state index in [0.717, 1.165) is 30.2 Å². The fourth-order valence-corrected chi connectivity index (χ4v) is 3.75. The van der Waals surface area contributed by atoms with Crippen LogP contribution < -0.4 is 15.9 Å². The molecule has 0 radical (unpaired) electrons. The summed E-state index contributed by atoms with van der Waals surface area (Å²) in [7, 11) is 0. The Bertz CT molecular complexity index is 1060. The van der Waals surface area contributed by atoms with Gasteiger partial charge in [-0.05, 0) is 49.1 Å². The number of aromatic amines is 1. The maximum Gasteiger partial charge on any atom is 0.347 e. The van der Waals surface area contributed by atoms with Gasteiger partial charge < -0.3 is 10.2 Å². The van der Waals surface area contributed by atoms with Crippen molar-refractivity contribution < 1.29 is 4.79 Å². The van der Waals surface area contributed by atoms with Crippen LogP contribution in [0.5, 0.6) is 0 Å². The third kappa shape index (κ3) is 3.42. The predicted octanol–water partition coefficient (Wildman–Crippen LogP) is 2.24. The second-order valence-corrected chi connectivity index (χ2v) is 7.32. The van der Waals surface area contributed by atoms with Crippen LogP contribution in [0.2, 0.25) is 5.02 Å². The molecule has 1 fully saturated rings. The molecule has 3 aromatic rings. The van der Waals surface area contributed by atoms with E-state index in [1.54, 1.807) is 18.3 Å². The van der Waals surface area contributed by atoms with Crippen molar-refractivity contribution in [2.45, 2.75) is 13.3 Å². The van der Waals surface area contributed by atoms with Crippen LogP contribution in [0.3, 0.4) is 0 Å². The number of aromatic nitrogens is 3. The van der Waals surface area contributed by atoms with Crippen molar-refractivity contribution in [3.05, 3.63) is 63.2 Å². The first-order valence-electron chi connectivity index (χ1n) is 8.88. The average molecular weight is 386 g/mol. The molecule has 1 unspecified atom stereocenters. The summed E-state index contributed by atoms with van der Waals surface area (Å²) < 4.78 is 1.33. The SMILES string of the molecule is Cc1ccc(Cl)cc1N1CCC(CNC(=O)c2cccn3c(=O)[nH]nc23)C1. The van der Waals surface area contributed by atoms with Crippen LogP contribution in [0.25, 0.3) is 5.65 Å². The first kappa shape index (κ1) is 17.6. The minimum absolute atomic E-state index is 0.225. The standard InChI is InChI=1S/C19H20ClN5O2/c1-12-4-5-14(20)9-16(12)24-8-6-13(11-24)10-21-18(26)15-3-2-7-25-17(15)22-23-19(25)27/h2-5,7,9,13H,6,8,10-11H2,1H3,(H,21,26)(H,23,27). The summed E-state index contributed by atoms with van der Waals surface area (Å²) in [6.45, 7) is 4.46. The minimum Gasteiger partial charge on any atom is -0.371 e. The fourth-order valence-electron chi connectivity index (χ4n) is 3.58. The van der Waals surface area contributed by atoms with Crippen LogP contribution in [-0.2, 0) is 0 Å². The molecule has 3 heterocycles. The van der Waals surface area contributed by atoms with Crippen molar-refractivity contribution >= 4 is 28.8 Å². The first-order valence-corrected chi connectivity index (χ1v) is 9.26. The second-order valence-electron chi connectivity index (χ2n) is 6.89. The molecule has 140 valence electrons. The highest BCUT2D eigenvalue weighted by Crippen LogP contribution is 2.29. The molecule has 1 saturated heterocycles. The minimum atomic E-state index is -0.358. The molecular weight excluding hydrogens is 366 g/mol. The van der Waals surface area contributed by atoms with E-state index in [1.807, 2.05) is 18.2 Å². The van der Waals surface area contributed by atoms with E-state index in [9.17, 15) is 9.59 Å². The van der Waals surface area contributed by atoms with Gasteiger partial charge in [-0.25, -0.2) is 14.3 Å². The van der Waals surface area contributed by atoms with Gasteiger partial charge in [0.2, 0.25) is 0 Å². The van der Waals surface area contributed by atoms with E-state index < -0.39 is 0 Å². The number of benzene rings is 1. The Morgan fingerprint density at radius 1 is 1.41 bits per heavy atom. The Balaban J connectivity index is 1.41. The number of hydrogen-bond acceptors (Lipinski definition) is 4. The zero-order chi connectivity index (χ0) is 19.0. The maximum absolute atomic E-state index is 12.6. The van der Waals surface area contributed by atoms with Crippen LogP contribution in [0.4, 0.5) is 5.69 Å². The summed E-state index contributed by atoms with van der Waals surface area (Å²) in [5.74, 6) is 0.130. The predicted molar refractivity (Wildman–Crippen MR) is 105 cm³/mol. The summed E-state index contributed by atoms with van der Waals surface area (Å²) in [4.78, 5) is 26.5. The Kier molecular flexibility index (Phi) is 4.61. The fraction of sp³-hybridized carbons (Fsp3) is 0.316. The van der Waals surface area contributed by atoms with Gasteiger partial charge in [-0.15, -0.1) is 0 Å². The number of amides is 1. The average Bonchev–Trinajstić information content (AvgIpc) is 3.29. The lowest BCUT2D eigenvalue weighted by molar-refractivity contribution is 0.0949. The summed E-state index contributed by atoms with van der Waals surface area (Å²) in [5, 5.41) is 10.0. The third-order valence-corrected chi connectivity index (χ3v) is 5.27. The molecule has 4 rings (SSSR count). The lowest BCUT2D eigenvalue weighted by Gasteiger charge is -2.21. The lowest BCUT2D eigenvalue weighted by Crippen LogP contribution is -2.31. The summed E-state index contributed by atoms with van der Waals surface area (Å²) in [5.41, 5.74) is 2.71. The van der Waals surface area contributed by atoms with Gasteiger partial charge in [-0.3, -0.25) is 4.79 Å². The topological polar surface area (TPSA) is 82.5 Å². The number of hydrogen-bond donors (Lipinski definition) is 2. The zero-order valence-corrected chi connectivity index (χ0v) is 15.7. The number of pyridine rings is 1. The van der Waals surface area contributed by atoms with Gasteiger partial charge in [0.15, 0.2) is 5.65 Å². The molecule has 8 heteroatoms. The van der Waals surface area contributed by atoms with Crippen LogP contribution >= 0.6 is 11.6 Å². The lowest BCUT2D eigenvalue weighted by atomic mass is 10.1. The number of aryl methyl sites for hydroxylation is 1. The van der Waals surface area contributed by atoms with Gasteiger partial charge in [0, 0.05) is 36.5 Å². The molecule has 7 nitrogen and oxygen atoms in total. The molecule has 27 heavy (non-hydrogen) atoms. The Morgan fingerprint density at radius 3 is 3.11 bits per heavy atom. The van der Waals surface area contributed by atoms with Crippen molar-refractivity contribution in [2.75, 3.05) is 24.5 Å². The van der Waals surface area contributed by atoms with Crippen LogP contribution in [0.1, 0.15) is 22.3 Å². The largest absolute Gasteiger partial charge is 0.371 e.